The van der Waals surface area contributed by atoms with E-state index in [4.69, 9.17) is 11.6 Å². The molecule has 0 aromatic heterocycles. The second-order valence-electron chi connectivity index (χ2n) is 4.17. The van der Waals surface area contributed by atoms with Gasteiger partial charge in [-0.2, -0.15) is 0 Å². The van der Waals surface area contributed by atoms with Crippen LogP contribution in [0.25, 0.3) is 0 Å². The highest BCUT2D eigenvalue weighted by atomic mass is 79.9. The van der Waals surface area contributed by atoms with Crippen molar-refractivity contribution in [2.24, 2.45) is 0 Å². The second-order valence-corrected chi connectivity index (χ2v) is 5.43. The van der Waals surface area contributed by atoms with E-state index in [9.17, 15) is 0 Å². The number of hydrogen-bond acceptors (Lipinski definition) is 1. The summed E-state index contributed by atoms with van der Waals surface area (Å²) in [7, 11) is 0. The smallest absolute Gasteiger partial charge is 0.0551 e. The van der Waals surface area contributed by atoms with Crippen molar-refractivity contribution in [3.05, 3.63) is 33.3 Å². The van der Waals surface area contributed by atoms with Gasteiger partial charge in [0.15, 0.2) is 0 Å². The maximum atomic E-state index is 6.04. The number of unbranched alkanes of at least 4 members (excludes halogenated alkanes) is 1. The molecule has 1 aromatic carbocycles. The number of hydrogen-bond donors (Lipinski definition) is 1. The normalized spacial score (nSPS) is 12.8. The van der Waals surface area contributed by atoms with E-state index in [-0.39, 0.29) is 0 Å². The molecule has 0 heterocycles. The van der Waals surface area contributed by atoms with Gasteiger partial charge in [0.2, 0.25) is 0 Å². The Morgan fingerprint density at radius 2 is 2.19 bits per heavy atom. The zero-order chi connectivity index (χ0) is 12.0. The van der Waals surface area contributed by atoms with Gasteiger partial charge in [0.25, 0.3) is 0 Å². The lowest BCUT2D eigenvalue weighted by Crippen LogP contribution is -2.25. The van der Waals surface area contributed by atoms with Crippen molar-refractivity contribution >= 4 is 27.5 Å². The van der Waals surface area contributed by atoms with E-state index in [1.165, 1.54) is 24.8 Å². The standard InChI is InChI=1S/C13H19BrClN/c1-3-4-5-10(2)16-9-11-6-7-12(14)13(15)8-11/h6-8,10,16H,3-5,9H2,1-2H3. The summed E-state index contributed by atoms with van der Waals surface area (Å²) in [6.07, 6.45) is 3.78. The first-order chi connectivity index (χ1) is 7.63. The van der Waals surface area contributed by atoms with Crippen molar-refractivity contribution in [2.45, 2.75) is 45.7 Å². The van der Waals surface area contributed by atoms with E-state index in [0.717, 1.165) is 16.0 Å². The molecule has 0 saturated heterocycles. The van der Waals surface area contributed by atoms with E-state index < -0.39 is 0 Å². The summed E-state index contributed by atoms with van der Waals surface area (Å²) in [5, 5.41) is 4.28. The first-order valence-electron chi connectivity index (χ1n) is 5.80. The number of halogens is 2. The Kier molecular flexibility index (Phi) is 6.40. The number of rotatable bonds is 6. The molecule has 90 valence electrons. The van der Waals surface area contributed by atoms with Crippen LogP contribution in [0.3, 0.4) is 0 Å². The zero-order valence-electron chi connectivity index (χ0n) is 9.89. The Balaban J connectivity index is 2.39. The van der Waals surface area contributed by atoms with E-state index in [1.54, 1.807) is 0 Å². The van der Waals surface area contributed by atoms with Crippen LogP contribution in [0.5, 0.6) is 0 Å². The molecule has 1 atom stereocenters. The largest absolute Gasteiger partial charge is 0.310 e. The van der Waals surface area contributed by atoms with Crippen LogP contribution in [0.1, 0.15) is 38.7 Å². The molecular formula is C13H19BrClN. The molecule has 0 fully saturated rings. The van der Waals surface area contributed by atoms with Gasteiger partial charge in [-0.1, -0.05) is 37.4 Å². The van der Waals surface area contributed by atoms with Gasteiger partial charge in [0, 0.05) is 17.1 Å². The fourth-order valence-electron chi connectivity index (χ4n) is 1.55. The lowest BCUT2D eigenvalue weighted by Gasteiger charge is -2.13. The Bertz CT molecular complexity index is 328. The van der Waals surface area contributed by atoms with E-state index in [2.05, 4.69) is 41.2 Å². The van der Waals surface area contributed by atoms with Gasteiger partial charge in [0.05, 0.1) is 5.02 Å². The highest BCUT2D eigenvalue weighted by molar-refractivity contribution is 9.10. The Morgan fingerprint density at radius 3 is 2.81 bits per heavy atom. The number of nitrogens with one attached hydrogen (secondary N) is 1. The van der Waals surface area contributed by atoms with Crippen molar-refractivity contribution in [1.82, 2.24) is 5.32 Å². The van der Waals surface area contributed by atoms with Crippen molar-refractivity contribution in [1.29, 1.82) is 0 Å². The SMILES string of the molecule is CCCCC(C)NCc1ccc(Br)c(Cl)c1. The van der Waals surface area contributed by atoms with Gasteiger partial charge >= 0.3 is 0 Å². The summed E-state index contributed by atoms with van der Waals surface area (Å²) in [6.45, 7) is 5.34. The van der Waals surface area contributed by atoms with Crippen molar-refractivity contribution in [3.8, 4) is 0 Å². The van der Waals surface area contributed by atoms with Crippen LogP contribution in [0.15, 0.2) is 22.7 Å². The lowest BCUT2D eigenvalue weighted by atomic mass is 10.1. The van der Waals surface area contributed by atoms with E-state index in [1.807, 2.05) is 12.1 Å². The molecule has 0 spiro atoms. The minimum absolute atomic E-state index is 0.572. The van der Waals surface area contributed by atoms with Gasteiger partial charge in [-0.15, -0.1) is 0 Å². The molecular weight excluding hydrogens is 286 g/mol. The minimum atomic E-state index is 0.572. The van der Waals surface area contributed by atoms with Gasteiger partial charge in [0.1, 0.15) is 0 Å². The predicted molar refractivity (Wildman–Crippen MR) is 75.0 cm³/mol. The summed E-state index contributed by atoms with van der Waals surface area (Å²) in [5.41, 5.74) is 1.23. The van der Waals surface area contributed by atoms with Crippen LogP contribution in [-0.4, -0.2) is 6.04 Å². The quantitative estimate of drug-likeness (QED) is 0.798. The summed E-state index contributed by atoms with van der Waals surface area (Å²) in [6, 6.07) is 6.67. The van der Waals surface area contributed by atoms with Crippen molar-refractivity contribution in [3.63, 3.8) is 0 Å². The molecule has 0 amide bonds. The van der Waals surface area contributed by atoms with Crippen LogP contribution in [0.2, 0.25) is 5.02 Å². The first kappa shape index (κ1) is 14.0. The zero-order valence-corrected chi connectivity index (χ0v) is 12.2. The Hall–Kier alpha value is -0.0500. The van der Waals surface area contributed by atoms with Gasteiger partial charge in [-0.3, -0.25) is 0 Å². The summed E-state index contributed by atoms with van der Waals surface area (Å²) >= 11 is 9.43. The van der Waals surface area contributed by atoms with E-state index in [0.29, 0.717) is 6.04 Å². The number of benzene rings is 1. The van der Waals surface area contributed by atoms with Crippen LogP contribution >= 0.6 is 27.5 Å². The topological polar surface area (TPSA) is 12.0 Å². The van der Waals surface area contributed by atoms with Crippen molar-refractivity contribution in [2.75, 3.05) is 0 Å². The molecule has 0 aliphatic heterocycles. The Morgan fingerprint density at radius 1 is 1.44 bits per heavy atom. The third-order valence-electron chi connectivity index (χ3n) is 2.63. The third-order valence-corrected chi connectivity index (χ3v) is 3.86. The Labute approximate surface area is 112 Å². The summed E-state index contributed by atoms with van der Waals surface area (Å²) in [4.78, 5) is 0. The monoisotopic (exact) mass is 303 g/mol. The molecule has 0 bridgehead atoms. The predicted octanol–water partition coefficient (Wildman–Crippen LogP) is 4.77. The molecule has 0 aliphatic rings. The average Bonchev–Trinajstić information content (AvgIpc) is 2.28. The van der Waals surface area contributed by atoms with Gasteiger partial charge in [-0.05, 0) is 47.0 Å². The first-order valence-corrected chi connectivity index (χ1v) is 6.98. The molecule has 0 radical (unpaired) electrons. The maximum absolute atomic E-state index is 6.04. The molecule has 0 saturated carbocycles. The highest BCUT2D eigenvalue weighted by Gasteiger charge is 2.02. The van der Waals surface area contributed by atoms with Gasteiger partial charge < -0.3 is 5.32 Å². The molecule has 1 N–H and O–H groups in total. The van der Waals surface area contributed by atoms with Crippen LogP contribution < -0.4 is 5.32 Å². The van der Waals surface area contributed by atoms with Crippen molar-refractivity contribution < 1.29 is 0 Å². The molecule has 1 rings (SSSR count). The molecule has 1 nitrogen and oxygen atoms in total. The van der Waals surface area contributed by atoms with Crippen LogP contribution in [-0.2, 0) is 6.54 Å². The molecule has 1 unspecified atom stereocenters. The third kappa shape index (κ3) is 4.86. The summed E-state index contributed by atoms with van der Waals surface area (Å²) in [5.74, 6) is 0. The second kappa shape index (κ2) is 7.31. The summed E-state index contributed by atoms with van der Waals surface area (Å²) < 4.78 is 0.956. The van der Waals surface area contributed by atoms with Crippen LogP contribution in [0.4, 0.5) is 0 Å². The fourth-order valence-corrected chi connectivity index (χ4v) is 2.00. The van der Waals surface area contributed by atoms with Gasteiger partial charge in [-0.25, -0.2) is 0 Å². The molecule has 3 heteroatoms. The lowest BCUT2D eigenvalue weighted by molar-refractivity contribution is 0.495. The highest BCUT2D eigenvalue weighted by Crippen LogP contribution is 2.23. The molecule has 16 heavy (non-hydrogen) atoms. The molecule has 0 aliphatic carbocycles. The minimum Gasteiger partial charge on any atom is -0.310 e. The molecule has 1 aromatic rings. The van der Waals surface area contributed by atoms with E-state index >= 15 is 0 Å². The average molecular weight is 305 g/mol. The maximum Gasteiger partial charge on any atom is 0.0551 e. The fraction of sp³-hybridized carbons (Fsp3) is 0.538. The van der Waals surface area contributed by atoms with Crippen LogP contribution in [0, 0.1) is 0 Å².